The Labute approximate surface area is 297 Å². The van der Waals surface area contributed by atoms with E-state index in [0.29, 0.717) is 0 Å². The van der Waals surface area contributed by atoms with Crippen molar-refractivity contribution in [3.05, 3.63) is 78.6 Å². The minimum Gasteiger partial charge on any atom is -0.465 e. The zero-order valence-electron chi connectivity index (χ0n) is 29.2. The van der Waals surface area contributed by atoms with Gasteiger partial charge in [-0.05, 0) is 37.5 Å². The Hall–Kier alpha value is -3.94. The second-order valence-electron chi connectivity index (χ2n) is 13.0. The number of nitrogens with zero attached hydrogens (tertiary/aromatic N) is 4. The van der Waals surface area contributed by atoms with E-state index in [1.54, 1.807) is 37.3 Å². The Morgan fingerprint density at radius 3 is 2.45 bits per heavy atom. The lowest BCUT2D eigenvalue weighted by atomic mass is 10.0. The van der Waals surface area contributed by atoms with Crippen LogP contribution in [0, 0.1) is 6.08 Å². The number of hydrogen-bond donors (Lipinski definition) is 3. The number of para-hydroxylation sites is 1. The number of unbranched alkanes of at least 4 members (excludes halogenated alkanes) is 7. The lowest BCUT2D eigenvalue weighted by molar-refractivity contribution is -0.146. The number of hydrogen-bond acceptors (Lipinski definition) is 11. The van der Waals surface area contributed by atoms with Crippen LogP contribution in [0.3, 0.4) is 0 Å². The van der Waals surface area contributed by atoms with Crippen molar-refractivity contribution in [2.45, 2.75) is 102 Å². The van der Waals surface area contributed by atoms with Crippen LogP contribution in [0.2, 0.25) is 0 Å². The summed E-state index contributed by atoms with van der Waals surface area (Å²) in [6, 6.07) is 16.6. The molecule has 1 aliphatic heterocycles. The topological polar surface area (TPSA) is 173 Å². The smallest absolute Gasteiger partial charge is 0.459 e. The van der Waals surface area contributed by atoms with Crippen LogP contribution in [0.5, 0.6) is 5.75 Å². The summed E-state index contributed by atoms with van der Waals surface area (Å²) in [7, 11) is -4.35. The highest BCUT2D eigenvalue weighted by Gasteiger charge is 2.48. The molecule has 2 aromatic heterocycles. The lowest BCUT2D eigenvalue weighted by Gasteiger charge is -2.31. The summed E-state index contributed by atoms with van der Waals surface area (Å²) >= 11 is 0. The highest BCUT2D eigenvalue weighted by atomic mass is 31.2. The predicted octanol–water partition coefficient (Wildman–Crippen LogP) is 6.67. The molecule has 276 valence electrons. The van der Waals surface area contributed by atoms with Gasteiger partial charge in [0.25, 0.3) is 0 Å². The molecule has 0 spiro atoms. The number of halogens is 1. The first-order valence-corrected chi connectivity index (χ1v) is 19.1. The molecular formula is C36H48FN6O7P. The number of aliphatic hydroxyl groups excluding tert-OH is 1. The highest BCUT2D eigenvalue weighted by molar-refractivity contribution is 7.52. The number of carbonyl (C=O) groups is 1. The Bertz CT molecular complexity index is 1750. The Morgan fingerprint density at radius 1 is 1.08 bits per heavy atom. The average Bonchev–Trinajstić information content (AvgIpc) is 3.67. The zero-order valence-corrected chi connectivity index (χ0v) is 30.1. The first-order chi connectivity index (χ1) is 24.6. The fourth-order valence-electron chi connectivity index (χ4n) is 5.95. The molecule has 1 unspecified atom stereocenters. The maximum atomic E-state index is 14.6. The van der Waals surface area contributed by atoms with Gasteiger partial charge in [0.15, 0.2) is 17.0 Å². The van der Waals surface area contributed by atoms with Crippen molar-refractivity contribution in [2.75, 3.05) is 18.9 Å². The first kappa shape index (κ1) is 38.3. The number of esters is 1. The quantitative estimate of drug-likeness (QED) is 0.0383. The van der Waals surface area contributed by atoms with Crippen molar-refractivity contribution in [1.29, 1.82) is 0 Å². The van der Waals surface area contributed by atoms with Crippen molar-refractivity contribution in [3.63, 3.8) is 0 Å². The Morgan fingerprint density at radius 2 is 1.75 bits per heavy atom. The van der Waals surface area contributed by atoms with Crippen LogP contribution in [-0.2, 0) is 29.8 Å². The van der Waals surface area contributed by atoms with Gasteiger partial charge in [0.05, 0.1) is 25.6 Å². The summed E-state index contributed by atoms with van der Waals surface area (Å²) in [4.78, 5) is 25.0. The van der Waals surface area contributed by atoms with Gasteiger partial charge in [0.2, 0.25) is 0 Å². The number of imidazole rings is 1. The van der Waals surface area contributed by atoms with Gasteiger partial charge in [-0.15, -0.1) is 0 Å². The summed E-state index contributed by atoms with van der Waals surface area (Å²) in [5.41, 5.74) is 5.49. The minimum atomic E-state index is -4.35. The molecule has 0 bridgehead atoms. The SMILES string of the molecule is CCCCCCCCCCOC(=O)[C@H](Cc1ccccc1)NP(=O)(OC[C@@]1(C)O[C@@H](n2cnc3c(N)nc(F)nc32)C[C@@H]1O)Oc1ccccc1. The standard InChI is InChI=1S/C36H48FN6O7P/c1-3-4-5-6-7-8-9-16-21-47-34(45)28(22-26-17-12-10-13-18-26)42-51(46,50-27-19-14-11-15-20-27)48-24-36(2)29(44)23-30(49-36)43-25-39-31-32(38)40-35(37)41-33(31)43/h10-15,17-20,25,28-30,44H,3-9,16,21-24H2,1-2H3,(H,42,46)(H2,38,40,41)/t28-,29-,30+,36+,51?/m0/s1. The number of fused-ring (bicyclic) bond motifs is 1. The lowest BCUT2D eigenvalue weighted by Crippen LogP contribution is -2.43. The summed E-state index contributed by atoms with van der Waals surface area (Å²) < 4.78 is 53.9. The fraction of sp³-hybridized carbons (Fsp3) is 0.500. The van der Waals surface area contributed by atoms with Gasteiger partial charge in [-0.3, -0.25) is 13.9 Å². The molecule has 4 N–H and O–H groups in total. The van der Waals surface area contributed by atoms with Crippen molar-refractivity contribution in [1.82, 2.24) is 24.6 Å². The summed E-state index contributed by atoms with van der Waals surface area (Å²) in [5.74, 6) is -0.488. The van der Waals surface area contributed by atoms with E-state index in [-0.39, 0.29) is 42.2 Å². The molecule has 4 aromatic rings. The molecule has 1 fully saturated rings. The molecule has 0 amide bonds. The molecule has 5 atom stereocenters. The molecule has 15 heteroatoms. The first-order valence-electron chi connectivity index (χ1n) is 17.6. The number of benzene rings is 2. The van der Waals surface area contributed by atoms with Crippen molar-refractivity contribution in [2.24, 2.45) is 0 Å². The van der Waals surface area contributed by atoms with Crippen LogP contribution in [-0.4, -0.2) is 61.6 Å². The van der Waals surface area contributed by atoms with E-state index < -0.39 is 50.4 Å². The van der Waals surface area contributed by atoms with Crippen molar-refractivity contribution in [3.8, 4) is 5.75 Å². The maximum Gasteiger partial charge on any atom is 0.459 e. The minimum absolute atomic E-state index is 0.0514. The molecule has 0 saturated carbocycles. The van der Waals surface area contributed by atoms with Crippen LogP contribution in [0.4, 0.5) is 10.2 Å². The van der Waals surface area contributed by atoms with Gasteiger partial charge < -0.3 is 24.8 Å². The zero-order chi connectivity index (χ0) is 36.3. The third kappa shape index (κ3) is 10.6. The van der Waals surface area contributed by atoms with Crippen LogP contribution in [0.15, 0.2) is 67.0 Å². The van der Waals surface area contributed by atoms with Gasteiger partial charge in [0, 0.05) is 6.42 Å². The van der Waals surface area contributed by atoms with E-state index in [2.05, 4.69) is 27.0 Å². The number of anilines is 1. The molecule has 2 aromatic carbocycles. The van der Waals surface area contributed by atoms with Crippen LogP contribution in [0.1, 0.15) is 83.4 Å². The van der Waals surface area contributed by atoms with Crippen LogP contribution >= 0.6 is 7.75 Å². The Kier molecular flexibility index (Phi) is 13.5. The van der Waals surface area contributed by atoms with E-state index in [0.717, 1.165) is 31.2 Å². The van der Waals surface area contributed by atoms with Crippen molar-refractivity contribution >= 4 is 30.7 Å². The van der Waals surface area contributed by atoms with Gasteiger partial charge in [-0.1, -0.05) is 100 Å². The molecule has 1 aliphatic rings. The van der Waals surface area contributed by atoms with Crippen molar-refractivity contribution < 1.29 is 37.4 Å². The number of aliphatic hydroxyl groups is 1. The molecule has 0 aliphatic carbocycles. The summed E-state index contributed by atoms with van der Waals surface area (Å²) in [6.45, 7) is 3.60. The van der Waals surface area contributed by atoms with Gasteiger partial charge >= 0.3 is 19.8 Å². The van der Waals surface area contributed by atoms with E-state index in [1.165, 1.54) is 36.6 Å². The highest BCUT2D eigenvalue weighted by Crippen LogP contribution is 2.48. The number of carbonyl (C=O) groups excluding carboxylic acids is 1. The Balaban J connectivity index is 1.29. The van der Waals surface area contributed by atoms with E-state index in [9.17, 15) is 18.9 Å². The monoisotopic (exact) mass is 726 g/mol. The molecular weight excluding hydrogens is 678 g/mol. The summed E-state index contributed by atoms with van der Waals surface area (Å²) in [6.07, 6.45) is 7.38. The number of rotatable bonds is 20. The number of ether oxygens (including phenoxy) is 2. The van der Waals surface area contributed by atoms with Gasteiger partial charge in [-0.2, -0.15) is 19.4 Å². The molecule has 13 nitrogen and oxygen atoms in total. The van der Waals surface area contributed by atoms with E-state index >= 15 is 0 Å². The van der Waals surface area contributed by atoms with Gasteiger partial charge in [-0.25, -0.2) is 9.55 Å². The third-order valence-electron chi connectivity index (χ3n) is 8.88. The largest absolute Gasteiger partial charge is 0.465 e. The van der Waals surface area contributed by atoms with E-state index in [1.807, 2.05) is 30.3 Å². The number of nitrogen functional groups attached to an aromatic ring is 1. The molecule has 0 radical (unpaired) electrons. The maximum absolute atomic E-state index is 14.6. The average molecular weight is 727 g/mol. The molecule has 5 rings (SSSR count). The molecule has 1 saturated heterocycles. The summed E-state index contributed by atoms with van der Waals surface area (Å²) in [5, 5.41) is 14.0. The van der Waals surface area contributed by atoms with Gasteiger partial charge in [0.1, 0.15) is 23.6 Å². The number of nitrogens with two attached hydrogens (primary N) is 1. The van der Waals surface area contributed by atoms with Crippen LogP contribution < -0.4 is 15.3 Å². The number of aromatic nitrogens is 4. The fourth-order valence-corrected chi connectivity index (χ4v) is 7.54. The molecule has 51 heavy (non-hydrogen) atoms. The van der Waals surface area contributed by atoms with E-state index in [4.69, 9.17) is 24.3 Å². The normalized spacial score (nSPS) is 20.6. The third-order valence-corrected chi connectivity index (χ3v) is 10.4. The number of nitrogens with one attached hydrogen (secondary N) is 1. The second-order valence-corrected chi connectivity index (χ2v) is 14.7. The van der Waals surface area contributed by atoms with Crippen LogP contribution in [0.25, 0.3) is 11.2 Å². The second kappa shape index (κ2) is 18.0. The predicted molar refractivity (Wildman–Crippen MR) is 190 cm³/mol. The molecule has 3 heterocycles.